The van der Waals surface area contributed by atoms with Gasteiger partial charge >= 0.3 is 0 Å². The van der Waals surface area contributed by atoms with Crippen molar-refractivity contribution < 1.29 is 0 Å². The zero-order chi connectivity index (χ0) is 14.9. The van der Waals surface area contributed by atoms with E-state index in [4.69, 9.17) is 16.6 Å². The SMILES string of the molecule is CCC1CCC(C)N1c1cc(CCl)cc(C(C)(C)C)n1. The molecule has 1 aliphatic heterocycles. The molecule has 2 rings (SSSR count). The molecule has 1 aromatic rings. The first kappa shape index (κ1) is 15.6. The van der Waals surface area contributed by atoms with Crippen molar-refractivity contribution in [3.63, 3.8) is 0 Å². The second-order valence-corrected chi connectivity index (χ2v) is 7.27. The first-order valence-electron chi connectivity index (χ1n) is 7.72. The topological polar surface area (TPSA) is 16.1 Å². The minimum Gasteiger partial charge on any atom is -0.351 e. The van der Waals surface area contributed by atoms with Gasteiger partial charge in [0.05, 0.1) is 0 Å². The molecule has 0 amide bonds. The van der Waals surface area contributed by atoms with Gasteiger partial charge in [0.25, 0.3) is 0 Å². The minimum atomic E-state index is 0.0570. The number of pyridine rings is 1. The van der Waals surface area contributed by atoms with E-state index in [0.29, 0.717) is 18.0 Å². The van der Waals surface area contributed by atoms with Gasteiger partial charge in [-0.25, -0.2) is 4.98 Å². The Morgan fingerprint density at radius 1 is 1.30 bits per heavy atom. The number of anilines is 1. The molecule has 3 heteroatoms. The highest BCUT2D eigenvalue weighted by atomic mass is 35.5. The summed E-state index contributed by atoms with van der Waals surface area (Å²) in [6, 6.07) is 5.52. The molecule has 0 radical (unpaired) electrons. The van der Waals surface area contributed by atoms with Crippen molar-refractivity contribution in [2.24, 2.45) is 0 Å². The van der Waals surface area contributed by atoms with E-state index in [1.54, 1.807) is 0 Å². The Morgan fingerprint density at radius 3 is 2.55 bits per heavy atom. The van der Waals surface area contributed by atoms with Crippen LogP contribution in [0.4, 0.5) is 5.82 Å². The monoisotopic (exact) mass is 294 g/mol. The summed E-state index contributed by atoms with van der Waals surface area (Å²) < 4.78 is 0. The summed E-state index contributed by atoms with van der Waals surface area (Å²) >= 11 is 6.09. The Labute approximate surface area is 128 Å². The van der Waals surface area contributed by atoms with Gasteiger partial charge in [-0.15, -0.1) is 11.6 Å². The summed E-state index contributed by atoms with van der Waals surface area (Å²) in [5.74, 6) is 1.67. The maximum absolute atomic E-state index is 6.09. The third-order valence-electron chi connectivity index (χ3n) is 4.32. The Hall–Kier alpha value is -0.760. The van der Waals surface area contributed by atoms with Crippen LogP contribution < -0.4 is 4.90 Å². The van der Waals surface area contributed by atoms with Crippen LogP contribution in [0, 0.1) is 0 Å². The fraction of sp³-hybridized carbons (Fsp3) is 0.706. The highest BCUT2D eigenvalue weighted by Gasteiger charge is 2.31. The lowest BCUT2D eigenvalue weighted by Crippen LogP contribution is -2.35. The van der Waals surface area contributed by atoms with Crippen LogP contribution >= 0.6 is 11.6 Å². The molecular weight excluding hydrogens is 268 g/mol. The maximum atomic E-state index is 6.09. The molecule has 1 aliphatic rings. The molecule has 0 spiro atoms. The van der Waals surface area contributed by atoms with Gasteiger partial charge in [0.15, 0.2) is 0 Å². The van der Waals surface area contributed by atoms with Crippen molar-refractivity contribution in [1.29, 1.82) is 0 Å². The summed E-state index contributed by atoms with van der Waals surface area (Å²) in [6.07, 6.45) is 3.72. The van der Waals surface area contributed by atoms with Crippen molar-refractivity contribution >= 4 is 17.4 Å². The summed E-state index contributed by atoms with van der Waals surface area (Å²) in [5, 5.41) is 0. The zero-order valence-corrected chi connectivity index (χ0v) is 14.2. The van der Waals surface area contributed by atoms with Crippen LogP contribution in [0.2, 0.25) is 0 Å². The molecule has 2 heterocycles. The normalized spacial score (nSPS) is 23.4. The predicted molar refractivity (Wildman–Crippen MR) is 87.7 cm³/mol. The van der Waals surface area contributed by atoms with Crippen LogP contribution in [0.3, 0.4) is 0 Å². The van der Waals surface area contributed by atoms with Crippen molar-refractivity contribution in [2.45, 2.75) is 77.3 Å². The summed E-state index contributed by atoms with van der Waals surface area (Å²) in [5.41, 5.74) is 2.37. The van der Waals surface area contributed by atoms with Gasteiger partial charge in [0.2, 0.25) is 0 Å². The maximum Gasteiger partial charge on any atom is 0.129 e. The number of aromatic nitrogens is 1. The van der Waals surface area contributed by atoms with Crippen molar-refractivity contribution in [3.8, 4) is 0 Å². The van der Waals surface area contributed by atoms with Crippen molar-refractivity contribution in [2.75, 3.05) is 4.90 Å². The number of halogens is 1. The Kier molecular flexibility index (Phi) is 4.63. The van der Waals surface area contributed by atoms with Gasteiger partial charge in [-0.05, 0) is 43.9 Å². The number of hydrogen-bond donors (Lipinski definition) is 0. The summed E-state index contributed by atoms with van der Waals surface area (Å²) in [6.45, 7) is 11.2. The average molecular weight is 295 g/mol. The Balaban J connectivity index is 2.45. The molecule has 0 aromatic carbocycles. The Bertz CT molecular complexity index is 465. The van der Waals surface area contributed by atoms with Crippen LogP contribution in [0.25, 0.3) is 0 Å². The number of nitrogens with zero attached hydrogens (tertiary/aromatic N) is 2. The second-order valence-electron chi connectivity index (χ2n) is 7.00. The van der Waals surface area contributed by atoms with Crippen LogP contribution in [-0.4, -0.2) is 17.1 Å². The molecular formula is C17H27ClN2. The third-order valence-corrected chi connectivity index (χ3v) is 4.62. The van der Waals surface area contributed by atoms with Crippen molar-refractivity contribution in [1.82, 2.24) is 4.98 Å². The molecule has 1 fully saturated rings. The number of alkyl halides is 1. The molecule has 2 nitrogen and oxygen atoms in total. The average Bonchev–Trinajstić information content (AvgIpc) is 2.78. The molecule has 0 bridgehead atoms. The van der Waals surface area contributed by atoms with E-state index >= 15 is 0 Å². The second kappa shape index (κ2) is 5.93. The minimum absolute atomic E-state index is 0.0570. The van der Waals surface area contributed by atoms with E-state index in [-0.39, 0.29) is 5.41 Å². The molecule has 1 saturated heterocycles. The van der Waals surface area contributed by atoms with Gasteiger partial charge in [-0.2, -0.15) is 0 Å². The molecule has 0 N–H and O–H groups in total. The first-order valence-corrected chi connectivity index (χ1v) is 8.26. The third kappa shape index (κ3) is 3.11. The van der Waals surface area contributed by atoms with E-state index < -0.39 is 0 Å². The van der Waals surface area contributed by atoms with Gasteiger partial charge < -0.3 is 4.90 Å². The highest BCUT2D eigenvalue weighted by Crippen LogP contribution is 2.33. The lowest BCUT2D eigenvalue weighted by Gasteiger charge is -2.31. The van der Waals surface area contributed by atoms with Gasteiger partial charge in [-0.3, -0.25) is 0 Å². The molecule has 2 unspecified atom stereocenters. The molecule has 0 aliphatic carbocycles. The van der Waals surface area contributed by atoms with E-state index in [1.165, 1.54) is 24.8 Å². The zero-order valence-electron chi connectivity index (χ0n) is 13.4. The van der Waals surface area contributed by atoms with E-state index in [0.717, 1.165) is 11.5 Å². The Morgan fingerprint density at radius 2 is 2.00 bits per heavy atom. The van der Waals surface area contributed by atoms with Crippen molar-refractivity contribution in [3.05, 3.63) is 23.4 Å². The van der Waals surface area contributed by atoms with Crippen LogP contribution in [0.15, 0.2) is 12.1 Å². The molecule has 112 valence electrons. The fourth-order valence-electron chi connectivity index (χ4n) is 3.05. The van der Waals surface area contributed by atoms with E-state index in [1.807, 2.05) is 0 Å². The van der Waals surface area contributed by atoms with Crippen LogP contribution in [0.1, 0.15) is 65.1 Å². The quantitative estimate of drug-likeness (QED) is 0.738. The van der Waals surface area contributed by atoms with Gasteiger partial charge in [0, 0.05) is 29.1 Å². The lowest BCUT2D eigenvalue weighted by molar-refractivity contribution is 0.561. The summed E-state index contributed by atoms with van der Waals surface area (Å²) in [7, 11) is 0. The standard InChI is InChI=1S/C17H27ClN2/c1-6-14-8-7-12(2)20(14)16-10-13(11-18)9-15(19-16)17(3,4)5/h9-10,12,14H,6-8,11H2,1-5H3. The van der Waals surface area contributed by atoms with E-state index in [2.05, 4.69) is 51.7 Å². The lowest BCUT2D eigenvalue weighted by atomic mass is 9.91. The number of rotatable bonds is 3. The highest BCUT2D eigenvalue weighted by molar-refractivity contribution is 6.17. The molecule has 2 atom stereocenters. The predicted octanol–water partition coefficient (Wildman–Crippen LogP) is 4.89. The van der Waals surface area contributed by atoms with Crippen LogP contribution in [-0.2, 0) is 11.3 Å². The van der Waals surface area contributed by atoms with Gasteiger partial charge in [-0.1, -0.05) is 27.7 Å². The molecule has 20 heavy (non-hydrogen) atoms. The summed E-state index contributed by atoms with van der Waals surface area (Å²) in [4.78, 5) is 7.46. The van der Waals surface area contributed by atoms with Gasteiger partial charge in [0.1, 0.15) is 5.82 Å². The first-order chi connectivity index (χ1) is 9.36. The van der Waals surface area contributed by atoms with Crippen LogP contribution in [0.5, 0.6) is 0 Å². The fourth-order valence-corrected chi connectivity index (χ4v) is 3.20. The smallest absolute Gasteiger partial charge is 0.129 e. The largest absolute Gasteiger partial charge is 0.351 e. The van der Waals surface area contributed by atoms with E-state index in [9.17, 15) is 0 Å². The number of hydrogen-bond acceptors (Lipinski definition) is 2. The molecule has 1 aromatic heterocycles. The molecule has 0 saturated carbocycles.